The summed E-state index contributed by atoms with van der Waals surface area (Å²) in [7, 11) is 0. The van der Waals surface area contributed by atoms with E-state index in [0.29, 0.717) is 35.2 Å². The molecule has 29 N–H and O–H groups in total. The molecule has 3 aliphatic rings. The minimum Gasteiger partial charge on any atom is -0.508 e. The first kappa shape index (κ1) is 110. The van der Waals surface area contributed by atoms with Gasteiger partial charge in [-0.05, 0) is 168 Å². The van der Waals surface area contributed by atoms with Crippen LogP contribution in [-0.2, 0) is 114 Å². The SMILES string of the molecule is CC(C)NCCCC[C@@H]1NC(=O)[C@H](CCC(N)=O)NC(=O)[C@H](Cc2ccc(O)cc2)NC(=O)[C@H](CS)NC(=O)[C@H](Cc2ccc(O)cc2)NC(=O)[C@H](CCCNC(=N)N)NC(=O)[C@H](CCN)NC(=O)[C@@H](Cc2ccc(O)cc2)NC(=O)[C@H](C)NC(=O)[C@H](CO)NC(=O)[C@H](CS)NC(=O)[C@H](C)NC(=O)[C@H](Cc2c[nH]cn2)NC(=O)[C@H](Cc2ccc(O)cc2)NC(=O)[C@@H]2CCCN2C(=O)[C@H]2CCCN2C1=O. The predicted octanol–water partition coefficient (Wildman–Crippen LogP) is -5.53. The predicted molar refractivity (Wildman–Crippen MR) is 510 cm³/mol. The molecule has 139 heavy (non-hydrogen) atoms. The van der Waals surface area contributed by atoms with E-state index < -0.39 is 247 Å². The number of nitrogens with zero attached hydrogens (tertiary/aromatic N) is 3. The Morgan fingerprint density at radius 3 is 1.16 bits per heavy atom. The number of phenolic OH excluding ortho intramolecular Hbond substituents is 4. The largest absolute Gasteiger partial charge is 0.508 e. The van der Waals surface area contributed by atoms with Crippen molar-refractivity contribution in [2.45, 2.75) is 240 Å². The number of hydrogen-bond donors (Lipinski definition) is 28. The first-order valence-electron chi connectivity index (χ1n) is 45.8. The monoisotopic (exact) mass is 1970 g/mol. The van der Waals surface area contributed by atoms with Crippen LogP contribution in [0.25, 0.3) is 0 Å². The second kappa shape index (κ2) is 54.9. The Morgan fingerprint density at radius 1 is 0.417 bits per heavy atom. The molecule has 0 spiro atoms. The fraction of sp³-hybridized carbons (Fsp3) is 0.505. The highest BCUT2D eigenvalue weighted by atomic mass is 32.1. The molecule has 1 aromatic heterocycles. The molecule has 3 saturated heterocycles. The van der Waals surface area contributed by atoms with Gasteiger partial charge >= 0.3 is 0 Å². The van der Waals surface area contributed by atoms with Crippen LogP contribution in [-0.4, -0.2) is 305 Å². The van der Waals surface area contributed by atoms with Crippen molar-refractivity contribution in [1.82, 2.24) is 105 Å². The van der Waals surface area contributed by atoms with Gasteiger partial charge in [0.25, 0.3) is 0 Å². The highest BCUT2D eigenvalue weighted by molar-refractivity contribution is 7.80. The molecule has 16 atom stereocenters. The van der Waals surface area contributed by atoms with Crippen molar-refractivity contribution in [2.24, 2.45) is 17.2 Å². The maximum absolute atomic E-state index is 15.5. The molecule has 0 unspecified atom stereocenters. The molecule has 756 valence electrons. The van der Waals surface area contributed by atoms with Gasteiger partial charge in [0.1, 0.15) is 120 Å². The van der Waals surface area contributed by atoms with E-state index in [1.54, 1.807) is 0 Å². The van der Waals surface area contributed by atoms with Crippen LogP contribution in [0.4, 0.5) is 0 Å². The van der Waals surface area contributed by atoms with Crippen LogP contribution >= 0.6 is 25.3 Å². The Kier molecular flexibility index (Phi) is 43.6. The highest BCUT2D eigenvalue weighted by Crippen LogP contribution is 2.28. The lowest BCUT2D eigenvalue weighted by Gasteiger charge is -2.34. The number of aromatic hydroxyl groups is 4. The summed E-state index contributed by atoms with van der Waals surface area (Å²) in [6.07, 6.45) is 0.612. The van der Waals surface area contributed by atoms with Crippen LogP contribution in [0.5, 0.6) is 23.0 Å². The van der Waals surface area contributed by atoms with Gasteiger partial charge in [0.15, 0.2) is 5.96 Å². The average molecular weight is 1970 g/mol. The van der Waals surface area contributed by atoms with Gasteiger partial charge in [0.2, 0.25) is 100 Å². The summed E-state index contributed by atoms with van der Waals surface area (Å²) in [5, 5.41) is 101. The number of nitrogens with one attached hydrogen (secondary N) is 18. The minimum absolute atomic E-state index is 0.00600. The van der Waals surface area contributed by atoms with Crippen LogP contribution in [0.3, 0.4) is 0 Å². The Bertz CT molecular complexity index is 5070. The number of fused-ring (bicyclic) bond motifs is 2. The number of rotatable bonds is 28. The number of carbonyl (C=O) groups excluding carboxylic acids is 17. The Labute approximate surface area is 812 Å². The third-order valence-electron chi connectivity index (χ3n) is 23.4. The first-order valence-corrected chi connectivity index (χ1v) is 47.1. The van der Waals surface area contributed by atoms with Gasteiger partial charge in [-0.2, -0.15) is 25.3 Å². The van der Waals surface area contributed by atoms with Gasteiger partial charge in [0.05, 0.1) is 18.6 Å². The number of guanidine groups is 1. The van der Waals surface area contributed by atoms with Crippen molar-refractivity contribution in [2.75, 3.05) is 50.8 Å². The van der Waals surface area contributed by atoms with Gasteiger partial charge < -0.3 is 143 Å². The molecule has 3 fully saturated rings. The number of thiol groups is 2. The number of nitrogens with two attached hydrogens (primary N) is 3. The molecule has 4 aromatic carbocycles. The molecule has 3 aliphatic heterocycles. The molecule has 0 saturated carbocycles. The molecular weight excluding hydrogens is 1850 g/mol. The summed E-state index contributed by atoms with van der Waals surface area (Å²) >= 11 is 8.67. The summed E-state index contributed by atoms with van der Waals surface area (Å²) < 4.78 is 0. The number of benzene rings is 4. The summed E-state index contributed by atoms with van der Waals surface area (Å²) in [4.78, 5) is 259. The van der Waals surface area contributed by atoms with Crippen LogP contribution in [0, 0.1) is 5.41 Å². The van der Waals surface area contributed by atoms with Crippen LogP contribution in [0.2, 0.25) is 0 Å². The standard InChI is InChI=1S/C91H128N24O22S2/c1-48(2)97-34-6-5-10-63-89(136)115-37-9-13-73(115)90(137)114-36-8-12-72(114)88(135)110-67(41-54-20-28-59(120)29-21-54)83(130)109-68(42-55-43-96-47-99-55)80(127)100-50(4)76(123)112-70(45-138)87(134)111-69(44-116)85(132)101-49(3)75(122)106-64(38-51-14-22-56(117)23-15-51)81(128)104-62(32-33-92)79(126)102-60(11-7-35-98-91(94)95)77(124)107-66(40-53-18-26-58(119)27-19-53)84(131)113-71(46-139)86(133)108-65(39-52-16-24-57(118)25-17-52)82(129)103-61(78(125)105-63)30-31-74(93)121/h14-29,43,47-50,60-73,97,116-120,138-139H,5-13,30-42,44-46,92H2,1-4H3,(H2,93,121)(H,96,99)(H,100,127)(H,101,132)(H,102,126)(H,103,129)(H,104,128)(H,105,125)(H,106,122)(H,107,124)(H,108,133)(H,109,130)(H,110,135)(H,111,134)(H,112,123)(H,113,131)(H4,94,95,98)/t49-,50-,60-,61-,62-,63-,64+,65-,66-,67-,68-,69-,70-,71-,72-,73+/m0/s1. The number of amides is 17. The average Bonchev–Trinajstić information content (AvgIpc) is 1.66. The van der Waals surface area contributed by atoms with Crippen molar-refractivity contribution >= 4 is 132 Å². The van der Waals surface area contributed by atoms with Crippen LogP contribution in [0.15, 0.2) is 110 Å². The van der Waals surface area contributed by atoms with Gasteiger partial charge in [-0.1, -0.05) is 62.4 Å². The molecular formula is C91H128N24O22S2. The molecule has 48 heteroatoms. The van der Waals surface area contributed by atoms with Crippen molar-refractivity contribution in [3.63, 3.8) is 0 Å². The normalized spacial score (nSPS) is 24.8. The lowest BCUT2D eigenvalue weighted by Crippen LogP contribution is -2.62. The minimum atomic E-state index is -1.86. The van der Waals surface area contributed by atoms with E-state index in [1.807, 2.05) is 13.8 Å². The third-order valence-corrected chi connectivity index (χ3v) is 24.1. The van der Waals surface area contributed by atoms with E-state index in [2.05, 4.69) is 120 Å². The molecule has 46 nitrogen and oxygen atoms in total. The summed E-state index contributed by atoms with van der Waals surface area (Å²) in [5.74, 6) is -19.1. The van der Waals surface area contributed by atoms with Gasteiger partial charge in [0, 0.05) is 81.9 Å². The Morgan fingerprint density at radius 2 is 0.755 bits per heavy atom. The molecule has 0 aliphatic carbocycles. The van der Waals surface area contributed by atoms with Crippen molar-refractivity contribution < 1.29 is 107 Å². The Hall–Kier alpha value is -13.9. The summed E-state index contributed by atoms with van der Waals surface area (Å²) in [6, 6.07) is -3.62. The number of aromatic nitrogens is 2. The maximum atomic E-state index is 15.5. The van der Waals surface area contributed by atoms with E-state index in [9.17, 15) is 68.7 Å². The number of phenols is 4. The molecule has 5 aromatic rings. The molecule has 0 bridgehead atoms. The van der Waals surface area contributed by atoms with Crippen molar-refractivity contribution in [1.29, 1.82) is 5.41 Å². The fourth-order valence-electron chi connectivity index (χ4n) is 15.7. The zero-order valence-corrected chi connectivity index (χ0v) is 79.3. The molecule has 4 heterocycles. The molecule has 17 amide bonds. The van der Waals surface area contributed by atoms with Gasteiger partial charge in [-0.3, -0.25) is 86.9 Å². The van der Waals surface area contributed by atoms with E-state index in [1.165, 1.54) is 133 Å². The zero-order valence-electron chi connectivity index (χ0n) is 77.5. The van der Waals surface area contributed by atoms with E-state index in [0.717, 1.165) is 0 Å². The number of carbonyl (C=O) groups is 17. The molecule has 0 radical (unpaired) electrons. The van der Waals surface area contributed by atoms with Crippen LogP contribution in [0.1, 0.15) is 133 Å². The Balaban J connectivity index is 1.17. The lowest BCUT2D eigenvalue weighted by atomic mass is 10.0. The second-order valence-electron chi connectivity index (χ2n) is 34.5. The van der Waals surface area contributed by atoms with Crippen molar-refractivity contribution in [3.05, 3.63) is 138 Å². The number of aliphatic hydroxyl groups excluding tert-OH is 1. The smallest absolute Gasteiger partial charge is 0.246 e. The van der Waals surface area contributed by atoms with E-state index in [-0.39, 0.29) is 138 Å². The zero-order chi connectivity index (χ0) is 102. The highest BCUT2D eigenvalue weighted by Gasteiger charge is 2.46. The van der Waals surface area contributed by atoms with E-state index in [4.69, 9.17) is 22.6 Å². The quantitative estimate of drug-likeness (QED) is 0.00961. The summed E-state index contributed by atoms with van der Waals surface area (Å²) in [6.45, 7) is 5.22. The number of imidazole rings is 1. The maximum Gasteiger partial charge on any atom is 0.246 e. The van der Waals surface area contributed by atoms with E-state index >= 15 is 38.4 Å². The number of hydrogen-bond acceptors (Lipinski definition) is 28. The van der Waals surface area contributed by atoms with Crippen molar-refractivity contribution in [3.8, 4) is 23.0 Å². The van der Waals surface area contributed by atoms with Gasteiger partial charge in [-0.15, -0.1) is 0 Å². The lowest BCUT2D eigenvalue weighted by molar-refractivity contribution is -0.148. The van der Waals surface area contributed by atoms with Gasteiger partial charge in [-0.25, -0.2) is 4.98 Å². The number of aliphatic hydroxyl groups is 1. The third kappa shape index (κ3) is 35.0. The number of primary amides is 1. The number of aromatic amines is 1. The van der Waals surface area contributed by atoms with Crippen LogP contribution < -0.4 is 102 Å². The summed E-state index contributed by atoms with van der Waals surface area (Å²) in [5.41, 5.74) is 18.9. The number of unbranched alkanes of at least 4 members (excludes halogenated alkanes) is 1. The first-order chi connectivity index (χ1) is 66.2. The fourth-order valence-corrected chi connectivity index (χ4v) is 16.2. The topological polar surface area (TPSA) is 721 Å². The second-order valence-corrected chi connectivity index (χ2v) is 35.3. The molecule has 8 rings (SSSR count). The number of H-pyrrole nitrogens is 1.